The number of nitrogens with one attached hydrogen (secondary N) is 1. The molecule has 24 heavy (non-hydrogen) atoms. The zero-order valence-electron chi connectivity index (χ0n) is 13.2. The summed E-state index contributed by atoms with van der Waals surface area (Å²) in [5, 5.41) is 12.1. The average molecular weight is 368 g/mol. The van der Waals surface area contributed by atoms with Crippen LogP contribution in [-0.4, -0.2) is 40.0 Å². The van der Waals surface area contributed by atoms with E-state index in [2.05, 4.69) is 10.3 Å². The van der Waals surface area contributed by atoms with Crippen LogP contribution in [-0.2, 0) is 4.79 Å². The smallest absolute Gasteiger partial charge is 0.326 e. The minimum atomic E-state index is -1.08. The monoisotopic (exact) mass is 368 g/mol. The Bertz CT molecular complexity index is 749. The van der Waals surface area contributed by atoms with Crippen molar-refractivity contribution in [3.63, 3.8) is 0 Å². The summed E-state index contributed by atoms with van der Waals surface area (Å²) in [6.45, 7) is 1.65. The van der Waals surface area contributed by atoms with Gasteiger partial charge in [-0.25, -0.2) is 14.2 Å². The van der Waals surface area contributed by atoms with Crippen LogP contribution in [0.4, 0.5) is 4.39 Å². The molecule has 0 saturated heterocycles. The van der Waals surface area contributed by atoms with Crippen LogP contribution in [0.15, 0.2) is 24.3 Å². The van der Waals surface area contributed by atoms with E-state index < -0.39 is 23.7 Å². The van der Waals surface area contributed by atoms with Crippen molar-refractivity contribution in [3.8, 4) is 10.6 Å². The fraction of sp³-hybridized carbons (Fsp3) is 0.312. The molecule has 0 radical (unpaired) electrons. The largest absolute Gasteiger partial charge is 0.480 e. The molecule has 1 heterocycles. The van der Waals surface area contributed by atoms with E-state index in [1.165, 1.54) is 17.8 Å². The summed E-state index contributed by atoms with van der Waals surface area (Å²) in [7, 11) is 0. The summed E-state index contributed by atoms with van der Waals surface area (Å²) < 4.78 is 13.9. The van der Waals surface area contributed by atoms with Gasteiger partial charge in [0.05, 0.1) is 5.69 Å². The van der Waals surface area contributed by atoms with Crippen molar-refractivity contribution in [1.29, 1.82) is 0 Å². The molecular weight excluding hydrogens is 351 g/mol. The van der Waals surface area contributed by atoms with Crippen molar-refractivity contribution in [2.45, 2.75) is 19.4 Å². The van der Waals surface area contributed by atoms with Gasteiger partial charge in [0.25, 0.3) is 5.91 Å². The number of rotatable bonds is 7. The lowest BCUT2D eigenvalue weighted by molar-refractivity contribution is -0.139. The molecule has 1 amide bonds. The Balaban J connectivity index is 2.21. The molecular formula is C16H17FN2O3S2. The van der Waals surface area contributed by atoms with Gasteiger partial charge in [0.1, 0.15) is 21.7 Å². The van der Waals surface area contributed by atoms with Crippen LogP contribution in [0.25, 0.3) is 10.6 Å². The number of carboxylic acids is 1. The lowest BCUT2D eigenvalue weighted by Gasteiger charge is -2.13. The van der Waals surface area contributed by atoms with Gasteiger partial charge in [0, 0.05) is 5.56 Å². The fourth-order valence-corrected chi connectivity index (χ4v) is 3.54. The van der Waals surface area contributed by atoms with Crippen molar-refractivity contribution in [2.24, 2.45) is 0 Å². The second kappa shape index (κ2) is 8.25. The molecule has 1 aromatic carbocycles. The summed E-state index contributed by atoms with van der Waals surface area (Å²) in [6, 6.07) is 5.24. The number of nitrogens with zero attached hydrogens (tertiary/aromatic N) is 1. The van der Waals surface area contributed by atoms with Crippen molar-refractivity contribution >= 4 is 35.0 Å². The van der Waals surface area contributed by atoms with Crippen molar-refractivity contribution < 1.29 is 19.1 Å². The van der Waals surface area contributed by atoms with Crippen LogP contribution < -0.4 is 5.32 Å². The first-order valence-corrected chi connectivity index (χ1v) is 9.40. The Labute approximate surface area is 147 Å². The third-order valence-electron chi connectivity index (χ3n) is 3.32. The molecule has 5 nitrogen and oxygen atoms in total. The average Bonchev–Trinajstić information content (AvgIpc) is 2.93. The van der Waals surface area contributed by atoms with Crippen LogP contribution in [0.2, 0.25) is 0 Å². The third kappa shape index (κ3) is 4.33. The molecule has 0 aliphatic heterocycles. The Hall–Kier alpha value is -1.93. The lowest BCUT2D eigenvalue weighted by Crippen LogP contribution is -2.41. The number of aliphatic carboxylic acids is 1. The number of carbonyl (C=O) groups excluding carboxylic acids is 1. The number of carbonyl (C=O) groups is 2. The number of hydrogen-bond donors (Lipinski definition) is 2. The fourth-order valence-electron chi connectivity index (χ4n) is 2.07. The van der Waals surface area contributed by atoms with E-state index in [9.17, 15) is 19.1 Å². The van der Waals surface area contributed by atoms with E-state index in [4.69, 9.17) is 0 Å². The number of thioether (sulfide) groups is 1. The van der Waals surface area contributed by atoms with Crippen LogP contribution in [0.1, 0.15) is 21.8 Å². The van der Waals surface area contributed by atoms with Crippen LogP contribution >= 0.6 is 23.1 Å². The molecule has 0 aliphatic rings. The summed E-state index contributed by atoms with van der Waals surface area (Å²) in [5.41, 5.74) is 0.770. The van der Waals surface area contributed by atoms with Gasteiger partial charge < -0.3 is 10.4 Å². The first kappa shape index (κ1) is 18.4. The van der Waals surface area contributed by atoms with Gasteiger partial charge in [0.15, 0.2) is 0 Å². The van der Waals surface area contributed by atoms with Crippen LogP contribution in [0.5, 0.6) is 0 Å². The summed E-state index contributed by atoms with van der Waals surface area (Å²) in [4.78, 5) is 28.1. The second-order valence-corrected chi connectivity index (χ2v) is 7.04. The number of carboxylic acid groups (broad SMARTS) is 1. The van der Waals surface area contributed by atoms with E-state index in [-0.39, 0.29) is 0 Å². The molecule has 8 heteroatoms. The molecule has 2 aromatic rings. The zero-order valence-corrected chi connectivity index (χ0v) is 14.8. The third-order valence-corrected chi connectivity index (χ3v) is 5.15. The predicted molar refractivity (Wildman–Crippen MR) is 94.1 cm³/mol. The maximum Gasteiger partial charge on any atom is 0.326 e. The molecule has 0 aliphatic carbocycles. The van der Waals surface area contributed by atoms with Gasteiger partial charge in [0.2, 0.25) is 0 Å². The van der Waals surface area contributed by atoms with Gasteiger partial charge in [-0.3, -0.25) is 4.79 Å². The molecule has 0 saturated carbocycles. The van der Waals surface area contributed by atoms with Crippen molar-refractivity contribution in [1.82, 2.24) is 10.3 Å². The summed E-state index contributed by atoms with van der Waals surface area (Å²) in [5.74, 6) is -1.36. The maximum atomic E-state index is 13.9. The number of aryl methyl sites for hydroxylation is 1. The summed E-state index contributed by atoms with van der Waals surface area (Å²) >= 11 is 2.56. The number of halogens is 1. The molecule has 128 valence electrons. The summed E-state index contributed by atoms with van der Waals surface area (Å²) in [6.07, 6.45) is 2.20. The first-order chi connectivity index (χ1) is 11.4. The molecule has 1 atom stereocenters. The van der Waals surface area contributed by atoms with Crippen LogP contribution in [0.3, 0.4) is 0 Å². The molecule has 0 unspecified atom stereocenters. The highest BCUT2D eigenvalue weighted by Gasteiger charge is 2.23. The highest BCUT2D eigenvalue weighted by atomic mass is 32.2. The molecule has 1 aromatic heterocycles. The van der Waals surface area contributed by atoms with E-state index in [1.807, 2.05) is 6.26 Å². The quantitative estimate of drug-likeness (QED) is 0.785. The number of thiazole rings is 1. The highest BCUT2D eigenvalue weighted by molar-refractivity contribution is 7.98. The predicted octanol–water partition coefficient (Wildman–Crippen LogP) is 3.19. The normalized spacial score (nSPS) is 12.0. The van der Waals surface area contributed by atoms with E-state index in [0.29, 0.717) is 33.3 Å². The minimum Gasteiger partial charge on any atom is -0.480 e. The minimum absolute atomic E-state index is 0.295. The highest BCUT2D eigenvalue weighted by Crippen LogP contribution is 2.29. The van der Waals surface area contributed by atoms with Gasteiger partial charge >= 0.3 is 5.97 Å². The van der Waals surface area contributed by atoms with Crippen molar-refractivity contribution in [3.05, 3.63) is 40.7 Å². The lowest BCUT2D eigenvalue weighted by atomic mass is 10.2. The van der Waals surface area contributed by atoms with Crippen molar-refractivity contribution in [2.75, 3.05) is 12.0 Å². The zero-order chi connectivity index (χ0) is 17.7. The van der Waals surface area contributed by atoms with Gasteiger partial charge in [-0.15, -0.1) is 11.3 Å². The standard InChI is InChI=1S/C16H17FN2O3S2/c1-9-13(14(20)19-12(16(21)22)7-8-23-2)24-15(18-9)10-5-3-4-6-11(10)17/h3-6,12H,7-8H2,1-2H3,(H,19,20)(H,21,22)/t12-/m1/s1. The number of benzene rings is 1. The van der Waals surface area contributed by atoms with E-state index in [0.717, 1.165) is 11.3 Å². The SMILES string of the molecule is CSCC[C@@H](NC(=O)c1sc(-c2ccccc2F)nc1C)C(=O)O. The van der Waals surface area contributed by atoms with E-state index in [1.54, 1.807) is 25.1 Å². The Morgan fingerprint density at radius 1 is 1.42 bits per heavy atom. The molecule has 2 rings (SSSR count). The Kier molecular flexibility index (Phi) is 6.33. The molecule has 2 N–H and O–H groups in total. The number of hydrogen-bond acceptors (Lipinski definition) is 5. The van der Waals surface area contributed by atoms with Gasteiger partial charge in [-0.1, -0.05) is 12.1 Å². The topological polar surface area (TPSA) is 79.3 Å². The first-order valence-electron chi connectivity index (χ1n) is 7.19. The number of amides is 1. The Morgan fingerprint density at radius 3 is 2.75 bits per heavy atom. The molecule has 0 fully saturated rings. The van der Waals surface area contributed by atoms with Crippen LogP contribution in [0, 0.1) is 12.7 Å². The number of aromatic nitrogens is 1. The van der Waals surface area contributed by atoms with Gasteiger partial charge in [-0.2, -0.15) is 11.8 Å². The molecule has 0 spiro atoms. The van der Waals surface area contributed by atoms with Gasteiger partial charge in [-0.05, 0) is 37.5 Å². The Morgan fingerprint density at radius 2 is 2.12 bits per heavy atom. The van der Waals surface area contributed by atoms with E-state index >= 15 is 0 Å². The molecule has 0 bridgehead atoms. The second-order valence-electron chi connectivity index (χ2n) is 5.06. The maximum absolute atomic E-state index is 13.9.